The number of benzene rings is 1. The molecule has 112 valence electrons. The van der Waals surface area contributed by atoms with Crippen molar-refractivity contribution in [3.8, 4) is 0 Å². The molecule has 0 unspecified atom stereocenters. The molecule has 0 bridgehead atoms. The summed E-state index contributed by atoms with van der Waals surface area (Å²) >= 11 is 0. The van der Waals surface area contributed by atoms with Crippen molar-refractivity contribution in [1.29, 1.82) is 0 Å². The fraction of sp³-hybridized carbons (Fsp3) is 0.364. The highest BCUT2D eigenvalue weighted by molar-refractivity contribution is 7.92. The monoisotopic (exact) mass is 310 g/mol. The van der Waals surface area contributed by atoms with E-state index >= 15 is 0 Å². The van der Waals surface area contributed by atoms with Crippen molar-refractivity contribution >= 4 is 27.3 Å². The van der Waals surface area contributed by atoms with Gasteiger partial charge in [-0.15, -0.1) is 0 Å². The number of carbonyl (C=O) groups is 1. The lowest BCUT2D eigenvalue weighted by Crippen LogP contribution is -2.16. The summed E-state index contributed by atoms with van der Waals surface area (Å²) < 4.78 is 62.2. The standard InChI is InChI=1S/C11H13F3N2O3S/c1-3-10(17)15-9-6-7(11(12,13)14)4-5-8(9)16-20(2,18)19/h4-6,16H,3H2,1-2H3,(H,15,17). The molecule has 9 heteroatoms. The lowest BCUT2D eigenvalue weighted by atomic mass is 10.1. The van der Waals surface area contributed by atoms with Gasteiger partial charge in [-0.2, -0.15) is 13.2 Å². The third kappa shape index (κ3) is 4.72. The third-order valence-electron chi connectivity index (χ3n) is 2.24. The fourth-order valence-corrected chi connectivity index (χ4v) is 1.93. The van der Waals surface area contributed by atoms with Crippen LogP contribution in [-0.4, -0.2) is 20.6 Å². The van der Waals surface area contributed by atoms with Gasteiger partial charge in [-0.25, -0.2) is 8.42 Å². The van der Waals surface area contributed by atoms with Crippen LogP contribution in [0.1, 0.15) is 18.9 Å². The van der Waals surface area contributed by atoms with E-state index in [0.717, 1.165) is 18.4 Å². The van der Waals surface area contributed by atoms with E-state index in [1.807, 2.05) is 4.72 Å². The highest BCUT2D eigenvalue weighted by Crippen LogP contribution is 2.34. The lowest BCUT2D eigenvalue weighted by molar-refractivity contribution is -0.137. The topological polar surface area (TPSA) is 75.3 Å². The van der Waals surface area contributed by atoms with Crippen LogP contribution in [0.5, 0.6) is 0 Å². The van der Waals surface area contributed by atoms with Gasteiger partial charge in [0, 0.05) is 6.42 Å². The first kappa shape index (κ1) is 16.3. The van der Waals surface area contributed by atoms with Crippen LogP contribution in [0.2, 0.25) is 0 Å². The van der Waals surface area contributed by atoms with E-state index in [1.54, 1.807) is 0 Å². The number of carbonyl (C=O) groups excluding carboxylic acids is 1. The number of amides is 1. The normalized spacial score (nSPS) is 12.1. The number of rotatable bonds is 4. The molecule has 0 fully saturated rings. The van der Waals surface area contributed by atoms with Crippen LogP contribution < -0.4 is 10.0 Å². The lowest BCUT2D eigenvalue weighted by Gasteiger charge is -2.14. The first-order valence-electron chi connectivity index (χ1n) is 5.52. The quantitative estimate of drug-likeness (QED) is 0.897. The van der Waals surface area contributed by atoms with Gasteiger partial charge >= 0.3 is 6.18 Å². The van der Waals surface area contributed by atoms with Gasteiger partial charge in [0.05, 0.1) is 23.2 Å². The largest absolute Gasteiger partial charge is 0.416 e. The Hall–Kier alpha value is -1.77. The number of halogens is 3. The van der Waals surface area contributed by atoms with E-state index in [-0.39, 0.29) is 17.8 Å². The molecule has 0 heterocycles. The number of hydrogen-bond acceptors (Lipinski definition) is 3. The second-order valence-electron chi connectivity index (χ2n) is 4.03. The van der Waals surface area contributed by atoms with E-state index in [0.29, 0.717) is 6.07 Å². The van der Waals surface area contributed by atoms with Gasteiger partial charge in [0.15, 0.2) is 0 Å². The molecule has 0 aromatic heterocycles. The number of sulfonamides is 1. The molecule has 0 saturated heterocycles. The summed E-state index contributed by atoms with van der Waals surface area (Å²) in [6, 6.07) is 2.37. The maximum atomic E-state index is 12.6. The molecule has 2 N–H and O–H groups in total. The smallest absolute Gasteiger partial charge is 0.324 e. The van der Waals surface area contributed by atoms with E-state index < -0.39 is 27.7 Å². The van der Waals surface area contributed by atoms with Crippen molar-refractivity contribution in [1.82, 2.24) is 0 Å². The summed E-state index contributed by atoms with van der Waals surface area (Å²) in [7, 11) is -3.67. The minimum Gasteiger partial charge on any atom is -0.324 e. The maximum Gasteiger partial charge on any atom is 0.416 e. The van der Waals surface area contributed by atoms with Crippen LogP contribution in [0, 0.1) is 0 Å². The fourth-order valence-electron chi connectivity index (χ4n) is 1.35. The Bertz CT molecular complexity index is 612. The van der Waals surface area contributed by atoms with Gasteiger partial charge < -0.3 is 5.32 Å². The average molecular weight is 310 g/mol. The zero-order valence-corrected chi connectivity index (χ0v) is 11.5. The van der Waals surface area contributed by atoms with Crippen LogP contribution in [0.25, 0.3) is 0 Å². The SMILES string of the molecule is CCC(=O)Nc1cc(C(F)(F)F)ccc1NS(C)(=O)=O. The highest BCUT2D eigenvalue weighted by Gasteiger charge is 2.31. The van der Waals surface area contributed by atoms with Crippen molar-refractivity contribution in [2.24, 2.45) is 0 Å². The van der Waals surface area contributed by atoms with Gasteiger partial charge in [0.1, 0.15) is 0 Å². The first-order chi connectivity index (χ1) is 9.03. The van der Waals surface area contributed by atoms with Gasteiger partial charge in [-0.3, -0.25) is 9.52 Å². The molecule has 0 saturated carbocycles. The molecular weight excluding hydrogens is 297 g/mol. The number of alkyl halides is 3. The summed E-state index contributed by atoms with van der Waals surface area (Å²) in [5, 5.41) is 2.23. The Balaban J connectivity index is 3.26. The summed E-state index contributed by atoms with van der Waals surface area (Å²) in [6.07, 6.45) is -3.68. The van der Waals surface area contributed by atoms with Crippen molar-refractivity contribution in [3.63, 3.8) is 0 Å². The van der Waals surface area contributed by atoms with E-state index in [1.165, 1.54) is 6.92 Å². The van der Waals surface area contributed by atoms with Gasteiger partial charge in [-0.1, -0.05) is 6.92 Å². The Morgan fingerprint density at radius 3 is 2.30 bits per heavy atom. The minimum absolute atomic E-state index is 0.0502. The molecule has 0 aliphatic heterocycles. The molecule has 0 radical (unpaired) electrons. The Morgan fingerprint density at radius 1 is 1.25 bits per heavy atom. The van der Waals surface area contributed by atoms with Gasteiger partial charge in [-0.05, 0) is 18.2 Å². The van der Waals surface area contributed by atoms with E-state index in [4.69, 9.17) is 0 Å². The third-order valence-corrected chi connectivity index (χ3v) is 2.83. The number of hydrogen-bond donors (Lipinski definition) is 2. The summed E-state index contributed by atoms with van der Waals surface area (Å²) in [5.74, 6) is -0.527. The molecule has 5 nitrogen and oxygen atoms in total. The molecule has 0 atom stereocenters. The van der Waals surface area contributed by atoms with Gasteiger partial charge in [0.2, 0.25) is 15.9 Å². The predicted octanol–water partition coefficient (Wildman–Crippen LogP) is 2.43. The number of anilines is 2. The van der Waals surface area contributed by atoms with Crippen LogP contribution in [0.3, 0.4) is 0 Å². The summed E-state index contributed by atoms with van der Waals surface area (Å²) in [4.78, 5) is 11.3. The molecule has 0 spiro atoms. The molecule has 0 aliphatic carbocycles. The van der Waals surface area contributed by atoms with Crippen LogP contribution in [0.4, 0.5) is 24.5 Å². The second-order valence-corrected chi connectivity index (χ2v) is 5.78. The number of nitrogens with one attached hydrogen (secondary N) is 2. The minimum atomic E-state index is -4.59. The van der Waals surface area contributed by atoms with Crippen LogP contribution in [0.15, 0.2) is 18.2 Å². The Morgan fingerprint density at radius 2 is 1.85 bits per heavy atom. The highest BCUT2D eigenvalue weighted by atomic mass is 32.2. The first-order valence-corrected chi connectivity index (χ1v) is 7.41. The molecule has 20 heavy (non-hydrogen) atoms. The van der Waals surface area contributed by atoms with Crippen LogP contribution >= 0.6 is 0 Å². The summed E-state index contributed by atoms with van der Waals surface area (Å²) in [5.41, 5.74) is -1.35. The molecule has 0 aliphatic rings. The summed E-state index contributed by atoms with van der Waals surface area (Å²) in [6.45, 7) is 1.52. The molecule has 1 amide bonds. The van der Waals surface area contributed by atoms with E-state index in [9.17, 15) is 26.4 Å². The predicted molar refractivity (Wildman–Crippen MR) is 68.8 cm³/mol. The average Bonchev–Trinajstić information content (AvgIpc) is 2.28. The Kier molecular flexibility index (Phi) is 4.64. The zero-order valence-electron chi connectivity index (χ0n) is 10.7. The molecule has 1 rings (SSSR count). The van der Waals surface area contributed by atoms with Crippen molar-refractivity contribution in [2.45, 2.75) is 19.5 Å². The zero-order chi connectivity index (χ0) is 15.6. The van der Waals surface area contributed by atoms with E-state index in [2.05, 4.69) is 5.32 Å². The molecule has 1 aromatic carbocycles. The van der Waals surface area contributed by atoms with Gasteiger partial charge in [0.25, 0.3) is 0 Å². The van der Waals surface area contributed by atoms with Crippen molar-refractivity contribution in [2.75, 3.05) is 16.3 Å². The van der Waals surface area contributed by atoms with Crippen molar-refractivity contribution < 1.29 is 26.4 Å². The molecule has 1 aromatic rings. The Labute approximate surface area is 114 Å². The second kappa shape index (κ2) is 5.70. The van der Waals surface area contributed by atoms with Crippen molar-refractivity contribution in [3.05, 3.63) is 23.8 Å². The maximum absolute atomic E-state index is 12.6. The van der Waals surface area contributed by atoms with Crippen LogP contribution in [-0.2, 0) is 21.0 Å². The molecular formula is C11H13F3N2O3S.